The van der Waals surface area contributed by atoms with Crippen LogP contribution in [0, 0.1) is 0 Å². The molecule has 0 radical (unpaired) electrons. The maximum absolute atomic E-state index is 6.12. The number of hydrogen-bond acceptors (Lipinski definition) is 2. The lowest BCUT2D eigenvalue weighted by atomic mass is 10.3. The Kier molecular flexibility index (Phi) is 5.76. The van der Waals surface area contributed by atoms with Crippen molar-refractivity contribution < 1.29 is 4.74 Å². The molecule has 0 saturated carbocycles. The Balaban J connectivity index is 1.60. The summed E-state index contributed by atoms with van der Waals surface area (Å²) in [5.74, 6) is 1.54. The molecule has 3 aromatic carbocycles. The topological polar surface area (TPSA) is 33.3 Å². The Morgan fingerprint density at radius 3 is 2.16 bits per heavy atom. The highest BCUT2D eigenvalue weighted by Crippen LogP contribution is 2.26. The number of anilines is 2. The van der Waals surface area contributed by atoms with Gasteiger partial charge in [-0.2, -0.15) is 0 Å². The smallest absolute Gasteiger partial charge is 0.175 e. The quantitative estimate of drug-likeness (QED) is 0.493. The predicted molar refractivity (Wildman–Crippen MR) is 109 cm³/mol. The van der Waals surface area contributed by atoms with E-state index in [1.807, 2.05) is 54.6 Å². The van der Waals surface area contributed by atoms with E-state index in [0.717, 1.165) is 17.2 Å². The van der Waals surface area contributed by atoms with E-state index in [1.54, 1.807) is 18.2 Å². The van der Waals surface area contributed by atoms with Gasteiger partial charge >= 0.3 is 0 Å². The summed E-state index contributed by atoms with van der Waals surface area (Å²) in [4.78, 5) is 0. The van der Waals surface area contributed by atoms with E-state index in [9.17, 15) is 0 Å². The zero-order chi connectivity index (χ0) is 17.6. The van der Waals surface area contributed by atoms with E-state index in [0.29, 0.717) is 20.8 Å². The summed E-state index contributed by atoms with van der Waals surface area (Å²) in [7, 11) is 0. The highest BCUT2D eigenvalue weighted by Gasteiger charge is 2.04. The Morgan fingerprint density at radius 2 is 1.48 bits per heavy atom. The number of hydrogen-bond donors (Lipinski definition) is 2. The second-order valence-corrected chi connectivity index (χ2v) is 6.39. The molecule has 0 atom stereocenters. The lowest BCUT2D eigenvalue weighted by Gasteiger charge is -2.12. The molecule has 126 valence electrons. The molecule has 0 fully saturated rings. The van der Waals surface area contributed by atoms with E-state index < -0.39 is 0 Å². The van der Waals surface area contributed by atoms with Crippen LogP contribution in [-0.2, 0) is 0 Å². The maximum Gasteiger partial charge on any atom is 0.175 e. The average molecular weight is 389 g/mol. The molecule has 6 heteroatoms. The molecule has 25 heavy (non-hydrogen) atoms. The maximum atomic E-state index is 6.12. The van der Waals surface area contributed by atoms with Gasteiger partial charge in [0.2, 0.25) is 0 Å². The first-order valence-electron chi connectivity index (χ1n) is 7.46. The van der Waals surface area contributed by atoms with Crippen LogP contribution in [0.2, 0.25) is 10.0 Å². The van der Waals surface area contributed by atoms with Gasteiger partial charge in [0.1, 0.15) is 11.5 Å². The minimum Gasteiger partial charge on any atom is -0.457 e. The van der Waals surface area contributed by atoms with Crippen LogP contribution in [0.1, 0.15) is 0 Å². The summed E-state index contributed by atoms with van der Waals surface area (Å²) >= 11 is 17.3. The monoisotopic (exact) mass is 388 g/mol. The first-order valence-corrected chi connectivity index (χ1v) is 8.62. The highest BCUT2D eigenvalue weighted by molar-refractivity contribution is 7.80. The van der Waals surface area contributed by atoms with Crippen molar-refractivity contribution in [3.8, 4) is 11.5 Å². The van der Waals surface area contributed by atoms with Crippen molar-refractivity contribution in [2.45, 2.75) is 0 Å². The first kappa shape index (κ1) is 17.5. The second kappa shape index (κ2) is 8.21. The van der Waals surface area contributed by atoms with Gasteiger partial charge in [-0.25, -0.2) is 0 Å². The minimum absolute atomic E-state index is 0.431. The summed E-state index contributed by atoms with van der Waals surface area (Å²) in [6.45, 7) is 0. The molecule has 0 aromatic heterocycles. The minimum atomic E-state index is 0.431. The van der Waals surface area contributed by atoms with E-state index in [4.69, 9.17) is 40.2 Å². The van der Waals surface area contributed by atoms with Crippen LogP contribution in [0.15, 0.2) is 72.8 Å². The van der Waals surface area contributed by atoms with Gasteiger partial charge in [-0.15, -0.1) is 0 Å². The van der Waals surface area contributed by atoms with Gasteiger partial charge in [-0.1, -0.05) is 41.4 Å². The molecule has 0 amide bonds. The van der Waals surface area contributed by atoms with Crippen LogP contribution >= 0.6 is 35.4 Å². The first-order chi connectivity index (χ1) is 12.1. The number of benzene rings is 3. The Hall–Kier alpha value is -2.27. The molecule has 0 aliphatic carbocycles. The summed E-state index contributed by atoms with van der Waals surface area (Å²) in [5.41, 5.74) is 1.52. The van der Waals surface area contributed by atoms with Gasteiger partial charge in [-0.05, 0) is 66.8 Å². The molecule has 2 N–H and O–H groups in total. The van der Waals surface area contributed by atoms with Crippen molar-refractivity contribution in [3.05, 3.63) is 82.8 Å². The Labute approximate surface area is 161 Å². The molecule has 0 bridgehead atoms. The molecular formula is C19H14Cl2N2OS. The zero-order valence-corrected chi connectivity index (χ0v) is 15.3. The molecule has 0 aliphatic rings. The largest absolute Gasteiger partial charge is 0.457 e. The third kappa shape index (κ3) is 5.10. The number of halogens is 2. The Bertz CT molecular complexity index is 870. The normalized spacial score (nSPS) is 10.2. The number of rotatable bonds is 4. The molecule has 0 saturated heterocycles. The van der Waals surface area contributed by atoms with Gasteiger partial charge in [0.25, 0.3) is 0 Å². The molecule has 0 aliphatic heterocycles. The number of ether oxygens (including phenoxy) is 1. The zero-order valence-electron chi connectivity index (χ0n) is 13.0. The Morgan fingerprint density at radius 1 is 0.800 bits per heavy atom. The second-order valence-electron chi connectivity index (χ2n) is 5.14. The van der Waals surface area contributed by atoms with Crippen molar-refractivity contribution in [3.63, 3.8) is 0 Å². The van der Waals surface area contributed by atoms with E-state index in [-0.39, 0.29) is 0 Å². The van der Waals surface area contributed by atoms with Gasteiger partial charge < -0.3 is 15.4 Å². The van der Waals surface area contributed by atoms with E-state index >= 15 is 0 Å². The molecule has 0 heterocycles. The van der Waals surface area contributed by atoms with Crippen molar-refractivity contribution in [1.82, 2.24) is 0 Å². The van der Waals surface area contributed by atoms with Gasteiger partial charge in [0.15, 0.2) is 5.11 Å². The van der Waals surface area contributed by atoms with Gasteiger partial charge in [0.05, 0.1) is 10.7 Å². The molecule has 0 unspecified atom stereocenters. The average Bonchev–Trinajstić information content (AvgIpc) is 2.60. The number of thiocarbonyl (C=S) groups is 1. The van der Waals surface area contributed by atoms with E-state index in [1.165, 1.54) is 0 Å². The van der Waals surface area contributed by atoms with Crippen molar-refractivity contribution in [2.24, 2.45) is 0 Å². The van der Waals surface area contributed by atoms with Gasteiger partial charge in [-0.3, -0.25) is 0 Å². The molecule has 3 rings (SSSR count). The summed E-state index contributed by atoms with van der Waals surface area (Å²) in [6, 6.07) is 22.3. The fourth-order valence-corrected chi connectivity index (χ4v) is 2.79. The third-order valence-electron chi connectivity index (χ3n) is 3.27. The van der Waals surface area contributed by atoms with Crippen molar-refractivity contribution in [2.75, 3.05) is 10.6 Å². The highest BCUT2D eigenvalue weighted by atomic mass is 35.5. The lowest BCUT2D eigenvalue weighted by Crippen LogP contribution is -2.19. The summed E-state index contributed by atoms with van der Waals surface area (Å²) in [6.07, 6.45) is 0. The third-order valence-corrected chi connectivity index (χ3v) is 4.02. The van der Waals surface area contributed by atoms with Crippen LogP contribution in [0.25, 0.3) is 0 Å². The van der Waals surface area contributed by atoms with Gasteiger partial charge in [0, 0.05) is 10.7 Å². The SMILES string of the molecule is S=C(Nc1ccc(Oc2ccccc2)cc1)Nc1ccc(Cl)cc1Cl. The lowest BCUT2D eigenvalue weighted by molar-refractivity contribution is 0.483. The summed E-state index contributed by atoms with van der Waals surface area (Å²) in [5, 5.41) is 7.64. The van der Waals surface area contributed by atoms with Crippen LogP contribution in [-0.4, -0.2) is 5.11 Å². The van der Waals surface area contributed by atoms with Crippen LogP contribution < -0.4 is 15.4 Å². The van der Waals surface area contributed by atoms with E-state index in [2.05, 4.69) is 10.6 Å². The molecule has 3 nitrogen and oxygen atoms in total. The fourth-order valence-electron chi connectivity index (χ4n) is 2.11. The standard InChI is InChI=1S/C19H14Cl2N2OS/c20-13-6-11-18(17(21)12-13)23-19(25)22-14-7-9-16(10-8-14)24-15-4-2-1-3-5-15/h1-12H,(H2,22,23,25). The number of nitrogens with one attached hydrogen (secondary N) is 2. The fraction of sp³-hybridized carbons (Fsp3) is 0. The molecule has 0 spiro atoms. The van der Waals surface area contributed by atoms with Crippen LogP contribution in [0.3, 0.4) is 0 Å². The van der Waals surface area contributed by atoms with Crippen LogP contribution in [0.5, 0.6) is 11.5 Å². The number of para-hydroxylation sites is 1. The molecule has 3 aromatic rings. The summed E-state index contributed by atoms with van der Waals surface area (Å²) < 4.78 is 5.75. The van der Waals surface area contributed by atoms with Crippen molar-refractivity contribution >= 4 is 51.9 Å². The van der Waals surface area contributed by atoms with Crippen molar-refractivity contribution in [1.29, 1.82) is 0 Å². The molecular weight excluding hydrogens is 375 g/mol. The predicted octanol–water partition coefficient (Wildman–Crippen LogP) is 6.59. The van der Waals surface area contributed by atoms with Crippen LogP contribution in [0.4, 0.5) is 11.4 Å².